The highest BCUT2D eigenvalue weighted by Crippen LogP contribution is 2.24. The molecule has 7 heteroatoms. The minimum Gasteiger partial charge on any atom is -0.478 e. The van der Waals surface area contributed by atoms with Gasteiger partial charge in [-0.2, -0.15) is 0 Å². The van der Waals surface area contributed by atoms with Gasteiger partial charge < -0.3 is 15.4 Å². The van der Waals surface area contributed by atoms with Gasteiger partial charge in [-0.05, 0) is 34.1 Å². The number of aromatic nitrogens is 1. The third-order valence-electron chi connectivity index (χ3n) is 2.53. The summed E-state index contributed by atoms with van der Waals surface area (Å²) in [4.78, 5) is 36.9. The zero-order valence-electron chi connectivity index (χ0n) is 10.0. The van der Waals surface area contributed by atoms with E-state index in [1.807, 2.05) is 0 Å². The van der Waals surface area contributed by atoms with Crippen LogP contribution in [0.3, 0.4) is 0 Å². The third-order valence-corrected chi connectivity index (χ3v) is 3.19. The molecule has 6 nitrogen and oxygen atoms in total. The second-order valence-electron chi connectivity index (χ2n) is 3.88. The SMILES string of the molecule is O=C(O)c1ccc(NC(=O)c2c[nH]ccc2=O)c(Br)c1. The van der Waals surface area contributed by atoms with Crippen LogP contribution in [0.1, 0.15) is 20.7 Å². The van der Waals surface area contributed by atoms with E-state index in [-0.39, 0.29) is 11.1 Å². The molecule has 3 N–H and O–H groups in total. The molecule has 0 aliphatic heterocycles. The highest BCUT2D eigenvalue weighted by Gasteiger charge is 2.12. The van der Waals surface area contributed by atoms with Crippen LogP contribution in [0.2, 0.25) is 0 Å². The van der Waals surface area contributed by atoms with E-state index < -0.39 is 17.3 Å². The van der Waals surface area contributed by atoms with Gasteiger partial charge in [-0.25, -0.2) is 4.79 Å². The topological polar surface area (TPSA) is 99.3 Å². The highest BCUT2D eigenvalue weighted by atomic mass is 79.9. The number of halogens is 1. The summed E-state index contributed by atoms with van der Waals surface area (Å²) in [5.41, 5.74) is 0.0388. The quantitative estimate of drug-likeness (QED) is 0.798. The Hall–Kier alpha value is -2.41. The van der Waals surface area contributed by atoms with E-state index in [1.165, 1.54) is 36.7 Å². The monoisotopic (exact) mass is 336 g/mol. The van der Waals surface area contributed by atoms with Crippen LogP contribution in [0.25, 0.3) is 0 Å². The molecule has 0 bridgehead atoms. The van der Waals surface area contributed by atoms with E-state index in [1.54, 1.807) is 0 Å². The Labute approximate surface area is 121 Å². The highest BCUT2D eigenvalue weighted by molar-refractivity contribution is 9.10. The average Bonchev–Trinajstić information content (AvgIpc) is 2.41. The summed E-state index contributed by atoms with van der Waals surface area (Å²) < 4.78 is 0.415. The zero-order chi connectivity index (χ0) is 14.7. The number of benzene rings is 1. The number of carboxylic acid groups (broad SMARTS) is 1. The Bertz CT molecular complexity index is 739. The van der Waals surface area contributed by atoms with Crippen LogP contribution in [-0.4, -0.2) is 22.0 Å². The van der Waals surface area contributed by atoms with Crippen LogP contribution in [0.5, 0.6) is 0 Å². The number of pyridine rings is 1. The van der Waals surface area contributed by atoms with Gasteiger partial charge in [0.25, 0.3) is 5.91 Å². The van der Waals surface area contributed by atoms with Gasteiger partial charge in [-0.1, -0.05) is 0 Å². The second kappa shape index (κ2) is 5.70. The van der Waals surface area contributed by atoms with Crippen LogP contribution >= 0.6 is 15.9 Å². The number of carbonyl (C=O) groups excluding carboxylic acids is 1. The molecule has 1 amide bonds. The molecule has 0 unspecified atom stereocenters. The number of H-pyrrole nitrogens is 1. The van der Waals surface area contributed by atoms with Crippen molar-refractivity contribution in [1.82, 2.24) is 4.98 Å². The van der Waals surface area contributed by atoms with E-state index in [4.69, 9.17) is 5.11 Å². The van der Waals surface area contributed by atoms with E-state index in [0.29, 0.717) is 10.2 Å². The summed E-state index contributed by atoms with van der Waals surface area (Å²) in [6.07, 6.45) is 2.73. The van der Waals surface area contributed by atoms with Crippen LogP contribution in [-0.2, 0) is 0 Å². The van der Waals surface area contributed by atoms with Crippen molar-refractivity contribution in [1.29, 1.82) is 0 Å². The van der Waals surface area contributed by atoms with Crippen LogP contribution in [0.15, 0.2) is 45.9 Å². The second-order valence-corrected chi connectivity index (χ2v) is 4.73. The van der Waals surface area contributed by atoms with Gasteiger partial charge in [0.15, 0.2) is 5.43 Å². The van der Waals surface area contributed by atoms with Crippen molar-refractivity contribution < 1.29 is 14.7 Å². The molecule has 1 aromatic carbocycles. The van der Waals surface area contributed by atoms with Crippen molar-refractivity contribution in [3.05, 3.63) is 62.5 Å². The molecule has 1 aromatic heterocycles. The maximum atomic E-state index is 11.9. The first-order chi connectivity index (χ1) is 9.49. The lowest BCUT2D eigenvalue weighted by molar-refractivity contribution is 0.0696. The number of amides is 1. The molecular weight excluding hydrogens is 328 g/mol. The third kappa shape index (κ3) is 2.94. The molecule has 2 rings (SSSR count). The van der Waals surface area contributed by atoms with Crippen LogP contribution < -0.4 is 10.7 Å². The summed E-state index contributed by atoms with van der Waals surface area (Å²) in [5.74, 6) is -1.64. The largest absolute Gasteiger partial charge is 0.478 e. The number of anilines is 1. The summed E-state index contributed by atoms with van der Waals surface area (Å²) >= 11 is 3.17. The van der Waals surface area contributed by atoms with Gasteiger partial charge in [0.2, 0.25) is 0 Å². The summed E-state index contributed by atoms with van der Waals surface area (Å²) in [6.45, 7) is 0. The van der Waals surface area contributed by atoms with Crippen molar-refractivity contribution >= 4 is 33.5 Å². The van der Waals surface area contributed by atoms with Gasteiger partial charge in [0, 0.05) is 22.9 Å². The lowest BCUT2D eigenvalue weighted by Gasteiger charge is -2.07. The van der Waals surface area contributed by atoms with Crippen LogP contribution in [0.4, 0.5) is 5.69 Å². The van der Waals surface area contributed by atoms with Crippen molar-refractivity contribution in [3.63, 3.8) is 0 Å². The van der Waals surface area contributed by atoms with Crippen molar-refractivity contribution in [2.24, 2.45) is 0 Å². The molecule has 0 saturated heterocycles. The summed E-state index contributed by atoms with van der Waals surface area (Å²) in [6, 6.07) is 5.42. The number of aromatic carboxylic acids is 1. The number of carboxylic acids is 1. The zero-order valence-corrected chi connectivity index (χ0v) is 11.6. The van der Waals surface area contributed by atoms with Gasteiger partial charge >= 0.3 is 5.97 Å². The van der Waals surface area contributed by atoms with Crippen LogP contribution in [0, 0.1) is 0 Å². The van der Waals surface area contributed by atoms with Crippen molar-refractivity contribution in [3.8, 4) is 0 Å². The van der Waals surface area contributed by atoms with Crippen molar-refractivity contribution in [2.45, 2.75) is 0 Å². The number of rotatable bonds is 3. The van der Waals surface area contributed by atoms with E-state index >= 15 is 0 Å². The number of carbonyl (C=O) groups is 2. The fraction of sp³-hybridized carbons (Fsp3) is 0. The molecule has 0 atom stereocenters. The number of hydrogen-bond acceptors (Lipinski definition) is 3. The first kappa shape index (κ1) is 14.0. The lowest BCUT2D eigenvalue weighted by atomic mass is 10.2. The maximum Gasteiger partial charge on any atom is 0.335 e. The van der Waals surface area contributed by atoms with Gasteiger partial charge in [0.1, 0.15) is 5.56 Å². The standard InChI is InChI=1S/C13H9BrN2O4/c14-9-5-7(13(19)20)1-2-10(9)16-12(18)8-6-15-4-3-11(8)17/h1-6H,(H,15,17)(H,16,18)(H,19,20). The molecule has 0 spiro atoms. The number of aromatic amines is 1. The molecule has 0 radical (unpaired) electrons. The number of nitrogens with one attached hydrogen (secondary N) is 2. The Morgan fingerprint density at radius 1 is 1.25 bits per heavy atom. The Kier molecular flexibility index (Phi) is 3.99. The molecule has 0 fully saturated rings. The van der Waals surface area contributed by atoms with Gasteiger partial charge in [-0.3, -0.25) is 9.59 Å². The van der Waals surface area contributed by atoms with E-state index in [2.05, 4.69) is 26.2 Å². The maximum absolute atomic E-state index is 11.9. The first-order valence-electron chi connectivity index (χ1n) is 5.50. The first-order valence-corrected chi connectivity index (χ1v) is 6.29. The van der Waals surface area contributed by atoms with Gasteiger partial charge in [0.05, 0.1) is 11.3 Å². The predicted molar refractivity (Wildman–Crippen MR) is 76.1 cm³/mol. The molecule has 0 aliphatic rings. The smallest absolute Gasteiger partial charge is 0.335 e. The molecule has 0 aliphatic carbocycles. The molecule has 20 heavy (non-hydrogen) atoms. The number of hydrogen-bond donors (Lipinski definition) is 3. The van der Waals surface area contributed by atoms with Crippen molar-refractivity contribution in [2.75, 3.05) is 5.32 Å². The lowest BCUT2D eigenvalue weighted by Crippen LogP contribution is -2.21. The van der Waals surface area contributed by atoms with E-state index in [0.717, 1.165) is 0 Å². The molecule has 1 heterocycles. The fourth-order valence-corrected chi connectivity index (χ4v) is 2.01. The summed E-state index contributed by atoms with van der Waals surface area (Å²) in [7, 11) is 0. The minimum absolute atomic E-state index is 0.0262. The van der Waals surface area contributed by atoms with Gasteiger partial charge in [-0.15, -0.1) is 0 Å². The predicted octanol–water partition coefficient (Wildman–Crippen LogP) is 2.09. The Balaban J connectivity index is 2.27. The molecule has 102 valence electrons. The fourth-order valence-electron chi connectivity index (χ4n) is 1.53. The molecule has 0 saturated carbocycles. The molecule has 2 aromatic rings. The molecular formula is C13H9BrN2O4. The Morgan fingerprint density at radius 2 is 2.00 bits per heavy atom. The minimum atomic E-state index is -1.07. The Morgan fingerprint density at radius 3 is 2.60 bits per heavy atom. The average molecular weight is 337 g/mol. The van der Waals surface area contributed by atoms with E-state index in [9.17, 15) is 14.4 Å². The normalized spacial score (nSPS) is 10.1. The summed E-state index contributed by atoms with van der Waals surface area (Å²) in [5, 5.41) is 11.4.